The Morgan fingerprint density at radius 2 is 1.47 bits per heavy atom. The van der Waals surface area contributed by atoms with Crippen molar-refractivity contribution in [3.63, 3.8) is 0 Å². The first-order chi connectivity index (χ1) is 21.6. The summed E-state index contributed by atoms with van der Waals surface area (Å²) in [6, 6.07) is 14.7. The van der Waals surface area contributed by atoms with Crippen LogP contribution in [0.1, 0.15) is 72.9 Å². The summed E-state index contributed by atoms with van der Waals surface area (Å²) in [6.07, 6.45) is 1.65. The molecule has 242 valence electrons. The molecule has 10 heteroatoms. The fourth-order valence-electron chi connectivity index (χ4n) is 7.63. The first-order valence-electron chi connectivity index (χ1n) is 16.3. The number of amides is 2. The lowest BCUT2D eigenvalue weighted by atomic mass is 9.80. The Hall–Kier alpha value is -3.40. The maximum absolute atomic E-state index is 13.3. The second-order valence-corrected chi connectivity index (χ2v) is 13.4. The van der Waals surface area contributed by atoms with E-state index in [4.69, 9.17) is 4.74 Å². The van der Waals surface area contributed by atoms with Crippen LogP contribution in [0.25, 0.3) is 0 Å². The van der Waals surface area contributed by atoms with Crippen LogP contribution < -0.4 is 0 Å². The molecule has 3 heterocycles. The largest absolute Gasteiger partial charge is 0.441 e. The maximum atomic E-state index is 13.3. The lowest BCUT2D eigenvalue weighted by Crippen LogP contribution is -2.47. The number of piperidine rings is 2. The highest BCUT2D eigenvalue weighted by Gasteiger charge is 2.47. The number of carbonyl (C=O) groups excluding carboxylic acids is 3. The highest BCUT2D eigenvalue weighted by Crippen LogP contribution is 2.37. The fraction of sp³-hybridized carbons (Fsp3) is 0.571. The normalized spacial score (nSPS) is 24.6. The predicted molar refractivity (Wildman–Crippen MR) is 162 cm³/mol. The molecule has 0 N–H and O–H groups in total. The van der Waals surface area contributed by atoms with E-state index in [9.17, 15) is 27.6 Å². The fourth-order valence-corrected chi connectivity index (χ4v) is 7.63. The van der Waals surface area contributed by atoms with Crippen LogP contribution >= 0.6 is 0 Å². The zero-order valence-electron chi connectivity index (χ0n) is 25.6. The van der Waals surface area contributed by atoms with Crippen molar-refractivity contribution in [1.82, 2.24) is 14.7 Å². The van der Waals surface area contributed by atoms with Gasteiger partial charge in [0.25, 0.3) is 0 Å². The van der Waals surface area contributed by atoms with Crippen LogP contribution in [0.15, 0.2) is 54.6 Å². The average Bonchev–Trinajstić information content (AvgIpc) is 3.35. The number of hydrogen-bond donors (Lipinski definition) is 0. The second-order valence-electron chi connectivity index (χ2n) is 13.4. The number of halogens is 3. The number of carbonyl (C=O) groups is 3. The van der Waals surface area contributed by atoms with Crippen molar-refractivity contribution in [1.29, 1.82) is 0 Å². The summed E-state index contributed by atoms with van der Waals surface area (Å²) >= 11 is 0. The molecule has 0 aromatic heterocycles. The molecule has 6 rings (SSSR count). The molecule has 1 aliphatic carbocycles. The van der Waals surface area contributed by atoms with Gasteiger partial charge in [-0.15, -0.1) is 0 Å². The molecule has 2 amide bonds. The van der Waals surface area contributed by atoms with Crippen LogP contribution in [0.5, 0.6) is 0 Å². The summed E-state index contributed by atoms with van der Waals surface area (Å²) in [5, 5.41) is 0. The summed E-state index contributed by atoms with van der Waals surface area (Å²) in [6.45, 7) is 4.47. The van der Waals surface area contributed by atoms with Crippen LogP contribution in [0.4, 0.5) is 18.0 Å². The molecule has 2 aromatic rings. The first kappa shape index (κ1) is 31.6. The number of nitrogens with zero attached hydrogens (tertiary/aromatic N) is 3. The summed E-state index contributed by atoms with van der Waals surface area (Å²) in [4.78, 5) is 45.0. The SMILES string of the molecule is O=C(c1ccccc1)C1CCN(C(=O)[C@H]2CC[C@H](CN3CC4(CCN(Cc5ccc(C(F)(F)F)cc5)CC4)OC3=O)CC2)CC1. The minimum Gasteiger partial charge on any atom is -0.441 e. The molecule has 1 spiro atoms. The highest BCUT2D eigenvalue weighted by atomic mass is 19.4. The Bertz CT molecular complexity index is 1340. The maximum Gasteiger partial charge on any atom is 0.416 e. The second kappa shape index (κ2) is 13.1. The van der Waals surface area contributed by atoms with Gasteiger partial charge in [-0.1, -0.05) is 42.5 Å². The lowest BCUT2D eigenvalue weighted by molar-refractivity contribution is -0.138. The number of alkyl halides is 3. The minimum atomic E-state index is -4.34. The molecule has 1 saturated carbocycles. The van der Waals surface area contributed by atoms with E-state index in [1.165, 1.54) is 12.1 Å². The summed E-state index contributed by atoms with van der Waals surface area (Å²) in [5.74, 6) is 0.706. The van der Waals surface area contributed by atoms with Gasteiger partial charge in [0.1, 0.15) is 5.60 Å². The van der Waals surface area contributed by atoms with Crippen molar-refractivity contribution >= 4 is 17.8 Å². The van der Waals surface area contributed by atoms with Gasteiger partial charge >= 0.3 is 12.3 Å². The quantitative estimate of drug-likeness (QED) is 0.332. The highest BCUT2D eigenvalue weighted by molar-refractivity contribution is 5.98. The number of Topliss-reactive ketones (excluding diaryl/α,β-unsaturated/α-hetero) is 1. The molecular formula is C35H42F3N3O4. The topological polar surface area (TPSA) is 70.2 Å². The third kappa shape index (κ3) is 7.37. The van der Waals surface area contributed by atoms with Gasteiger partial charge in [0.05, 0.1) is 12.1 Å². The Kier molecular flexibility index (Phi) is 9.22. The van der Waals surface area contributed by atoms with Crippen LogP contribution in [-0.4, -0.2) is 77.4 Å². The molecule has 4 aliphatic rings. The van der Waals surface area contributed by atoms with Crippen LogP contribution in [0, 0.1) is 17.8 Å². The molecule has 0 radical (unpaired) electrons. The van der Waals surface area contributed by atoms with E-state index in [2.05, 4.69) is 4.90 Å². The van der Waals surface area contributed by atoms with E-state index >= 15 is 0 Å². The summed E-state index contributed by atoms with van der Waals surface area (Å²) in [7, 11) is 0. The van der Waals surface area contributed by atoms with Gasteiger partial charge in [-0.05, 0) is 62.1 Å². The van der Waals surface area contributed by atoms with Crippen molar-refractivity contribution in [2.24, 2.45) is 17.8 Å². The van der Waals surface area contributed by atoms with E-state index < -0.39 is 17.3 Å². The molecular weight excluding hydrogens is 583 g/mol. The standard InChI is InChI=1S/C35H42F3N3O4/c36-35(37,38)30-12-8-25(9-13-30)22-39-20-16-34(17-21-39)24-41(33(44)45-34)23-26-6-10-29(11-7-26)32(43)40-18-14-28(15-19-40)31(42)27-4-2-1-3-5-27/h1-5,8-9,12-13,26,28-29H,6-7,10-11,14-24H2/t26-,29-. The molecule has 0 atom stereocenters. The molecule has 0 bridgehead atoms. The Morgan fingerprint density at radius 3 is 2.09 bits per heavy atom. The molecule has 2 aromatic carbocycles. The van der Waals surface area contributed by atoms with E-state index in [1.54, 1.807) is 0 Å². The zero-order chi connectivity index (χ0) is 31.6. The minimum absolute atomic E-state index is 0.00786. The van der Waals surface area contributed by atoms with Crippen LogP contribution in [0.3, 0.4) is 0 Å². The van der Waals surface area contributed by atoms with Crippen molar-refractivity contribution in [3.8, 4) is 0 Å². The zero-order valence-corrected chi connectivity index (χ0v) is 25.6. The molecule has 3 saturated heterocycles. The van der Waals surface area contributed by atoms with E-state index in [0.29, 0.717) is 77.4 Å². The van der Waals surface area contributed by atoms with Crippen molar-refractivity contribution in [2.75, 3.05) is 39.3 Å². The number of likely N-dealkylation sites (tertiary alicyclic amines) is 2. The molecule has 4 fully saturated rings. The third-order valence-electron chi connectivity index (χ3n) is 10.4. The van der Waals surface area contributed by atoms with Crippen LogP contribution in [0.2, 0.25) is 0 Å². The van der Waals surface area contributed by atoms with Gasteiger partial charge in [0.15, 0.2) is 5.78 Å². The van der Waals surface area contributed by atoms with Gasteiger partial charge in [-0.25, -0.2) is 4.79 Å². The molecule has 45 heavy (non-hydrogen) atoms. The van der Waals surface area contributed by atoms with Gasteiger partial charge in [0, 0.05) is 69.5 Å². The number of benzene rings is 2. The van der Waals surface area contributed by atoms with Gasteiger partial charge < -0.3 is 14.5 Å². The Labute approximate surface area is 262 Å². The monoisotopic (exact) mass is 625 g/mol. The smallest absolute Gasteiger partial charge is 0.416 e. The first-order valence-corrected chi connectivity index (χ1v) is 16.3. The Balaban J connectivity index is 0.916. The van der Waals surface area contributed by atoms with Crippen molar-refractivity contribution in [3.05, 3.63) is 71.3 Å². The summed E-state index contributed by atoms with van der Waals surface area (Å²) in [5.41, 5.74) is 0.432. The van der Waals surface area contributed by atoms with Crippen LogP contribution in [-0.2, 0) is 22.3 Å². The number of ketones is 1. The molecule has 7 nitrogen and oxygen atoms in total. The van der Waals surface area contributed by atoms with E-state index in [1.807, 2.05) is 40.1 Å². The lowest BCUT2D eigenvalue weighted by Gasteiger charge is -2.38. The van der Waals surface area contributed by atoms with Gasteiger partial charge in [-0.3, -0.25) is 14.5 Å². The van der Waals surface area contributed by atoms with Crippen molar-refractivity contribution in [2.45, 2.75) is 69.7 Å². The molecule has 3 aliphatic heterocycles. The number of hydrogen-bond acceptors (Lipinski definition) is 5. The predicted octanol–water partition coefficient (Wildman–Crippen LogP) is 6.42. The number of rotatable bonds is 7. The third-order valence-corrected chi connectivity index (χ3v) is 10.4. The van der Waals surface area contributed by atoms with E-state index in [-0.39, 0.29) is 29.6 Å². The van der Waals surface area contributed by atoms with Crippen molar-refractivity contribution < 1.29 is 32.3 Å². The molecule has 0 unspecified atom stereocenters. The van der Waals surface area contributed by atoms with Gasteiger partial charge in [-0.2, -0.15) is 13.2 Å². The Morgan fingerprint density at radius 1 is 0.822 bits per heavy atom. The van der Waals surface area contributed by atoms with E-state index in [0.717, 1.165) is 48.9 Å². The summed E-state index contributed by atoms with van der Waals surface area (Å²) < 4.78 is 44.6. The van der Waals surface area contributed by atoms with Gasteiger partial charge in [0.2, 0.25) is 5.91 Å². The number of ether oxygens (including phenoxy) is 1. The average molecular weight is 626 g/mol.